The highest BCUT2D eigenvalue weighted by molar-refractivity contribution is 7.15. The van der Waals surface area contributed by atoms with Crippen molar-refractivity contribution in [1.29, 1.82) is 0 Å². The average molecular weight is 444 g/mol. The van der Waals surface area contributed by atoms with Crippen LogP contribution in [0.5, 0.6) is 0 Å². The monoisotopic (exact) mass is 443 g/mol. The summed E-state index contributed by atoms with van der Waals surface area (Å²) in [4.78, 5) is 32.3. The quantitative estimate of drug-likeness (QED) is 0.615. The van der Waals surface area contributed by atoms with Crippen molar-refractivity contribution in [2.75, 3.05) is 18.4 Å². The molecule has 4 rings (SSSR count). The van der Waals surface area contributed by atoms with Crippen molar-refractivity contribution in [1.82, 2.24) is 9.88 Å². The lowest BCUT2D eigenvalue weighted by Gasteiger charge is -2.31. The van der Waals surface area contributed by atoms with Crippen LogP contribution in [-0.4, -0.2) is 34.8 Å². The lowest BCUT2D eigenvalue weighted by molar-refractivity contribution is -0.121. The van der Waals surface area contributed by atoms with E-state index < -0.39 is 0 Å². The third-order valence-corrected chi connectivity index (χ3v) is 6.53. The van der Waals surface area contributed by atoms with E-state index in [2.05, 4.69) is 10.3 Å². The van der Waals surface area contributed by atoms with E-state index in [0.29, 0.717) is 30.4 Å². The van der Waals surface area contributed by atoms with Crippen LogP contribution in [0.15, 0.2) is 47.2 Å². The molecule has 0 saturated carbocycles. The Bertz CT molecular complexity index is 1050. The summed E-state index contributed by atoms with van der Waals surface area (Å²) in [5, 5.41) is 4.23. The Hall–Kier alpha value is -2.64. The van der Waals surface area contributed by atoms with Crippen molar-refractivity contribution < 1.29 is 14.0 Å². The molecule has 156 valence electrons. The van der Waals surface area contributed by atoms with Crippen LogP contribution in [-0.2, 0) is 11.2 Å². The minimum absolute atomic E-state index is 0.105. The summed E-state index contributed by atoms with van der Waals surface area (Å²) >= 11 is 7.66. The molecule has 30 heavy (non-hydrogen) atoms. The standard InChI is InChI=1S/C22H22ClN3O3S/c1-14-6-7-15(11-18(14)23)10-17-12-24-22(30-17)25-20(27)16-4-2-8-26(13-16)21(28)19-5-3-9-29-19/h3,5-7,9,11-12,16H,2,4,8,10,13H2,1H3,(H,24,25,27). The van der Waals surface area contributed by atoms with Gasteiger partial charge in [0.15, 0.2) is 10.9 Å². The second-order valence-electron chi connectivity index (χ2n) is 7.45. The van der Waals surface area contributed by atoms with Gasteiger partial charge in [0, 0.05) is 35.6 Å². The topological polar surface area (TPSA) is 75.4 Å². The van der Waals surface area contributed by atoms with E-state index >= 15 is 0 Å². The molecular formula is C22H22ClN3O3S. The number of nitrogens with zero attached hydrogens (tertiary/aromatic N) is 2. The van der Waals surface area contributed by atoms with Crippen LogP contribution >= 0.6 is 22.9 Å². The summed E-state index contributed by atoms with van der Waals surface area (Å²) in [5.41, 5.74) is 2.15. The summed E-state index contributed by atoms with van der Waals surface area (Å²) in [6.45, 7) is 2.98. The highest BCUT2D eigenvalue weighted by Crippen LogP contribution is 2.26. The van der Waals surface area contributed by atoms with Crippen LogP contribution in [0.1, 0.15) is 39.4 Å². The number of hydrogen-bond acceptors (Lipinski definition) is 5. The van der Waals surface area contributed by atoms with Crippen LogP contribution in [0.25, 0.3) is 0 Å². The first-order valence-corrected chi connectivity index (χ1v) is 11.0. The SMILES string of the molecule is Cc1ccc(Cc2cnc(NC(=O)C3CCCN(C(=O)c4ccco4)C3)s2)cc1Cl. The largest absolute Gasteiger partial charge is 0.459 e. The maximum Gasteiger partial charge on any atom is 0.289 e. The number of anilines is 1. The van der Waals surface area contributed by atoms with Gasteiger partial charge in [-0.2, -0.15) is 0 Å². The molecule has 1 aromatic carbocycles. The maximum atomic E-state index is 12.7. The molecule has 0 radical (unpaired) electrons. The van der Waals surface area contributed by atoms with Crippen molar-refractivity contribution in [3.8, 4) is 0 Å². The number of benzene rings is 1. The zero-order valence-electron chi connectivity index (χ0n) is 16.6. The molecule has 3 aromatic rings. The highest BCUT2D eigenvalue weighted by Gasteiger charge is 2.30. The van der Waals surface area contributed by atoms with Gasteiger partial charge < -0.3 is 14.6 Å². The van der Waals surface area contributed by atoms with Gasteiger partial charge in [-0.1, -0.05) is 23.7 Å². The first-order chi connectivity index (χ1) is 14.5. The van der Waals surface area contributed by atoms with E-state index in [1.807, 2.05) is 25.1 Å². The van der Waals surface area contributed by atoms with Crippen molar-refractivity contribution in [2.24, 2.45) is 5.92 Å². The fourth-order valence-electron chi connectivity index (χ4n) is 3.53. The molecule has 1 saturated heterocycles. The van der Waals surface area contributed by atoms with E-state index in [0.717, 1.165) is 33.9 Å². The number of nitrogens with one attached hydrogen (secondary N) is 1. The van der Waals surface area contributed by atoms with Gasteiger partial charge in [0.25, 0.3) is 5.91 Å². The molecule has 1 aliphatic heterocycles. The highest BCUT2D eigenvalue weighted by atomic mass is 35.5. The van der Waals surface area contributed by atoms with E-state index in [-0.39, 0.29) is 17.7 Å². The number of furan rings is 1. The molecule has 3 heterocycles. The summed E-state index contributed by atoms with van der Waals surface area (Å²) in [6.07, 6.45) is 5.49. The van der Waals surface area contributed by atoms with Crippen molar-refractivity contribution in [3.63, 3.8) is 0 Å². The first-order valence-electron chi connectivity index (χ1n) is 9.83. The third kappa shape index (κ3) is 4.74. The molecule has 2 aromatic heterocycles. The summed E-state index contributed by atoms with van der Waals surface area (Å²) in [6, 6.07) is 9.34. The number of aromatic nitrogens is 1. The Morgan fingerprint density at radius 2 is 2.23 bits per heavy atom. The third-order valence-electron chi connectivity index (χ3n) is 5.21. The first kappa shape index (κ1) is 20.6. The molecule has 6 nitrogen and oxygen atoms in total. The number of likely N-dealkylation sites (tertiary alicyclic amines) is 1. The number of amides is 2. The lowest BCUT2D eigenvalue weighted by atomic mass is 9.97. The molecule has 0 aliphatic carbocycles. The molecule has 1 N–H and O–H groups in total. The molecule has 1 unspecified atom stereocenters. The van der Waals surface area contributed by atoms with Gasteiger partial charge in [-0.15, -0.1) is 11.3 Å². The molecular weight excluding hydrogens is 422 g/mol. The smallest absolute Gasteiger partial charge is 0.289 e. The predicted octanol–water partition coefficient (Wildman–Crippen LogP) is 4.78. The molecule has 8 heteroatoms. The van der Waals surface area contributed by atoms with Crippen molar-refractivity contribution >= 4 is 39.9 Å². The molecule has 1 fully saturated rings. The van der Waals surface area contributed by atoms with Gasteiger partial charge in [-0.05, 0) is 49.1 Å². The maximum absolute atomic E-state index is 12.7. The van der Waals surface area contributed by atoms with Gasteiger partial charge in [-0.3, -0.25) is 9.59 Å². The fraction of sp³-hybridized carbons (Fsp3) is 0.318. The number of thiazole rings is 1. The van der Waals surface area contributed by atoms with Gasteiger partial charge in [-0.25, -0.2) is 4.98 Å². The van der Waals surface area contributed by atoms with Crippen molar-refractivity contribution in [2.45, 2.75) is 26.2 Å². The number of rotatable bonds is 5. The number of carbonyl (C=O) groups is 2. The van der Waals surface area contributed by atoms with Crippen LogP contribution in [0.4, 0.5) is 5.13 Å². The summed E-state index contributed by atoms with van der Waals surface area (Å²) < 4.78 is 5.20. The zero-order chi connectivity index (χ0) is 21.1. The number of halogens is 1. The minimum Gasteiger partial charge on any atom is -0.459 e. The Balaban J connectivity index is 1.35. The average Bonchev–Trinajstić information content (AvgIpc) is 3.43. The number of hydrogen-bond donors (Lipinski definition) is 1. The molecule has 0 bridgehead atoms. The van der Waals surface area contributed by atoms with Crippen LogP contribution < -0.4 is 5.32 Å². The van der Waals surface area contributed by atoms with Gasteiger partial charge >= 0.3 is 0 Å². The van der Waals surface area contributed by atoms with Gasteiger partial charge in [0.05, 0.1) is 12.2 Å². The van der Waals surface area contributed by atoms with Crippen molar-refractivity contribution in [3.05, 3.63) is 69.6 Å². The molecule has 1 atom stereocenters. The Morgan fingerprint density at radius 1 is 1.37 bits per heavy atom. The Morgan fingerprint density at radius 3 is 3.00 bits per heavy atom. The Labute approximate surface area is 183 Å². The van der Waals surface area contributed by atoms with Gasteiger partial charge in [0.2, 0.25) is 5.91 Å². The van der Waals surface area contributed by atoms with Crippen LogP contribution in [0, 0.1) is 12.8 Å². The lowest BCUT2D eigenvalue weighted by Crippen LogP contribution is -2.43. The van der Waals surface area contributed by atoms with E-state index in [9.17, 15) is 9.59 Å². The van der Waals surface area contributed by atoms with Crippen LogP contribution in [0.3, 0.4) is 0 Å². The second kappa shape index (κ2) is 9.02. The number of carbonyl (C=O) groups excluding carboxylic acids is 2. The van der Waals surface area contributed by atoms with E-state index in [4.69, 9.17) is 16.0 Å². The molecule has 0 spiro atoms. The van der Waals surface area contributed by atoms with E-state index in [1.54, 1.807) is 23.2 Å². The minimum atomic E-state index is -0.263. The van der Waals surface area contributed by atoms with E-state index in [1.165, 1.54) is 17.6 Å². The van der Waals surface area contributed by atoms with Crippen LogP contribution in [0.2, 0.25) is 5.02 Å². The second-order valence-corrected chi connectivity index (χ2v) is 8.97. The number of piperidine rings is 1. The fourth-order valence-corrected chi connectivity index (χ4v) is 4.59. The molecule has 1 aliphatic rings. The normalized spacial score (nSPS) is 16.5. The zero-order valence-corrected chi connectivity index (χ0v) is 18.1. The number of aryl methyl sites for hydroxylation is 1. The Kier molecular flexibility index (Phi) is 6.20. The molecule has 2 amide bonds. The summed E-state index contributed by atoms with van der Waals surface area (Å²) in [7, 11) is 0. The summed E-state index contributed by atoms with van der Waals surface area (Å²) in [5.74, 6) is -0.241. The van der Waals surface area contributed by atoms with Gasteiger partial charge in [0.1, 0.15) is 0 Å². The predicted molar refractivity (Wildman–Crippen MR) is 117 cm³/mol.